The summed E-state index contributed by atoms with van der Waals surface area (Å²) in [6.07, 6.45) is 1.67. The molecule has 6 nitrogen and oxygen atoms in total. The van der Waals surface area contributed by atoms with Crippen molar-refractivity contribution in [2.45, 2.75) is 32.9 Å². The highest BCUT2D eigenvalue weighted by molar-refractivity contribution is 7.19. The summed E-state index contributed by atoms with van der Waals surface area (Å²) >= 11 is 4.87. The van der Waals surface area contributed by atoms with Gasteiger partial charge in [-0.3, -0.25) is 20.6 Å². The number of benzene rings is 3. The lowest BCUT2D eigenvalue weighted by Crippen LogP contribution is -2.37. The number of anilines is 2. The summed E-state index contributed by atoms with van der Waals surface area (Å²) in [5.41, 5.74) is 9.18. The van der Waals surface area contributed by atoms with Gasteiger partial charge in [0.05, 0.1) is 40.8 Å². The number of halogens is 3. The highest BCUT2D eigenvalue weighted by Gasteiger charge is 2.36. The maximum Gasteiger partial charge on any atom is 0.130 e. The maximum atomic E-state index is 15.1. The first-order valence-corrected chi connectivity index (χ1v) is 20.2. The number of hydrogen-bond acceptors (Lipinski definition) is 9. The molecule has 12 heteroatoms. The van der Waals surface area contributed by atoms with Crippen LogP contribution in [-0.2, 0) is 0 Å². The van der Waals surface area contributed by atoms with Gasteiger partial charge in [0.2, 0.25) is 0 Å². The van der Waals surface area contributed by atoms with Gasteiger partial charge < -0.3 is 10.6 Å². The van der Waals surface area contributed by atoms with Crippen molar-refractivity contribution in [1.29, 1.82) is 0 Å². The molecule has 3 aromatic heterocycles. The summed E-state index contributed by atoms with van der Waals surface area (Å²) in [6, 6.07) is 22.2. The van der Waals surface area contributed by atoms with Gasteiger partial charge in [0.25, 0.3) is 0 Å². The van der Waals surface area contributed by atoms with Crippen LogP contribution < -0.4 is 32.0 Å². The molecular formula is C42H33F3N6S3. The van der Waals surface area contributed by atoms with Crippen LogP contribution in [0.1, 0.15) is 22.9 Å². The van der Waals surface area contributed by atoms with E-state index in [2.05, 4.69) is 79.8 Å². The molecule has 54 heavy (non-hydrogen) atoms. The molecule has 0 saturated carbocycles. The van der Waals surface area contributed by atoms with Crippen LogP contribution in [0.25, 0.3) is 57.8 Å². The Hall–Kier alpha value is -4.85. The van der Waals surface area contributed by atoms with Crippen molar-refractivity contribution in [2.75, 3.05) is 30.6 Å². The van der Waals surface area contributed by atoms with Crippen molar-refractivity contribution in [3.8, 4) is 52.2 Å². The zero-order chi connectivity index (χ0) is 36.8. The van der Waals surface area contributed by atoms with Crippen LogP contribution in [0.15, 0.2) is 94.2 Å². The number of nitrogens with zero attached hydrogens (tertiary/aromatic N) is 2. The quantitative estimate of drug-likeness (QED) is 0.136. The van der Waals surface area contributed by atoms with Gasteiger partial charge in [0.15, 0.2) is 0 Å². The summed E-state index contributed by atoms with van der Waals surface area (Å²) in [4.78, 5) is 15.1. The third-order valence-electron chi connectivity index (χ3n) is 10.8. The van der Waals surface area contributed by atoms with Crippen molar-refractivity contribution in [2.24, 2.45) is 9.98 Å². The molecule has 0 radical (unpaired) electrons. The average Bonchev–Trinajstić information content (AvgIpc) is 4.03. The fourth-order valence-corrected chi connectivity index (χ4v) is 11.0. The van der Waals surface area contributed by atoms with E-state index in [9.17, 15) is 0 Å². The second-order valence-electron chi connectivity index (χ2n) is 14.0. The van der Waals surface area contributed by atoms with E-state index in [-0.39, 0.29) is 29.5 Å². The zero-order valence-electron chi connectivity index (χ0n) is 29.5. The molecule has 0 amide bonds. The predicted octanol–water partition coefficient (Wildman–Crippen LogP) is 9.63. The Kier molecular flexibility index (Phi) is 8.04. The third kappa shape index (κ3) is 5.42. The average molecular weight is 775 g/mol. The van der Waals surface area contributed by atoms with Gasteiger partial charge in [-0.2, -0.15) is 0 Å². The Bertz CT molecular complexity index is 2760. The molecule has 10 rings (SSSR count). The van der Waals surface area contributed by atoms with Crippen molar-refractivity contribution < 1.29 is 13.2 Å². The van der Waals surface area contributed by atoms with Gasteiger partial charge in [0.1, 0.15) is 24.1 Å². The van der Waals surface area contributed by atoms with E-state index < -0.39 is 0 Å². The summed E-state index contributed by atoms with van der Waals surface area (Å²) in [7, 11) is 0. The van der Waals surface area contributed by atoms with Crippen molar-refractivity contribution in [1.82, 2.24) is 10.6 Å². The highest BCUT2D eigenvalue weighted by atomic mass is 32.1. The summed E-state index contributed by atoms with van der Waals surface area (Å²) in [5.74, 6) is -0.714. The lowest BCUT2D eigenvalue weighted by molar-refractivity contribution is 0.581. The van der Waals surface area contributed by atoms with E-state index in [1.165, 1.54) is 0 Å². The van der Waals surface area contributed by atoms with Gasteiger partial charge in [-0.25, -0.2) is 13.2 Å². The topological polar surface area (TPSA) is 72.8 Å². The molecule has 1 saturated heterocycles. The molecule has 4 aliphatic rings. The monoisotopic (exact) mass is 774 g/mol. The van der Waals surface area contributed by atoms with Gasteiger partial charge >= 0.3 is 0 Å². The normalized spacial score (nSPS) is 18.4. The predicted molar refractivity (Wildman–Crippen MR) is 216 cm³/mol. The number of fused-ring (bicyclic) bond motifs is 3. The minimum Gasteiger partial charge on any atom is -0.366 e. The maximum absolute atomic E-state index is 15.1. The van der Waals surface area contributed by atoms with E-state index in [1.54, 1.807) is 66.1 Å². The number of nitrogens with one attached hydrogen (secondary N) is 4. The Labute approximate surface area is 321 Å². The molecule has 2 atom stereocenters. The Morgan fingerprint density at radius 2 is 1.11 bits per heavy atom. The lowest BCUT2D eigenvalue weighted by Gasteiger charge is -2.26. The van der Waals surface area contributed by atoms with Crippen LogP contribution in [0.5, 0.6) is 0 Å². The molecule has 6 heterocycles. The number of rotatable bonds is 6. The second kappa shape index (κ2) is 12.9. The molecular weight excluding hydrogens is 742 g/mol. The first kappa shape index (κ1) is 33.7. The van der Waals surface area contributed by atoms with Gasteiger partial charge in [0, 0.05) is 58.2 Å². The van der Waals surface area contributed by atoms with E-state index in [0.29, 0.717) is 36.5 Å². The number of allylic oxidation sites excluding steroid dienone is 2. The number of hydrogen-bond donors (Lipinski definition) is 4. The Balaban J connectivity index is 1.09. The van der Waals surface area contributed by atoms with Gasteiger partial charge in [-0.1, -0.05) is 0 Å². The summed E-state index contributed by atoms with van der Waals surface area (Å²) in [5, 5.41) is 14.9. The molecule has 3 aromatic carbocycles. The van der Waals surface area contributed by atoms with E-state index in [4.69, 9.17) is 0 Å². The SMILES string of the molecule is CC1=C(F)C=C(c2ccc(-c3cc(-c4ccc(-c5cc(F)c(C)c6c5NCN6)s4)cc(-c4ccc(-c5cc(F)c(C)c6c5=NCN=6)s4)c3)s2)C2NCNC12. The largest absolute Gasteiger partial charge is 0.366 e. The van der Waals surface area contributed by atoms with E-state index >= 15 is 13.2 Å². The standard InChI is InChI=1S/C42H33F3N6S3/c1-19-28(43)13-25(40-37(19)46-16-49-40)34-7-4-31(52-34)22-10-23(32-5-8-35(53-32)26-14-29(44)20(2)38-41(26)50-17-47-38)12-24(11-22)33-6-9-36(54-33)27-15-30(45)21(3)39-42(27)51-18-48-39/h4-15,37,40,46-47,49-50H,16-18H2,1-3H3. The first-order valence-electron chi connectivity index (χ1n) is 17.7. The molecule has 1 fully saturated rings. The molecule has 0 bridgehead atoms. The highest BCUT2D eigenvalue weighted by Crippen LogP contribution is 2.47. The van der Waals surface area contributed by atoms with Crippen molar-refractivity contribution >= 4 is 51.0 Å². The minimum atomic E-state index is -0.288. The van der Waals surface area contributed by atoms with Crippen LogP contribution in [0.2, 0.25) is 0 Å². The van der Waals surface area contributed by atoms with Gasteiger partial charge in [-0.05, 0) is 121 Å². The molecule has 3 aliphatic heterocycles. The second-order valence-corrected chi connectivity index (χ2v) is 17.2. The molecule has 2 unspecified atom stereocenters. The van der Waals surface area contributed by atoms with E-state index in [0.717, 1.165) is 85.0 Å². The van der Waals surface area contributed by atoms with Gasteiger partial charge in [-0.15, -0.1) is 34.0 Å². The molecule has 6 aromatic rings. The van der Waals surface area contributed by atoms with Crippen LogP contribution >= 0.6 is 34.0 Å². The van der Waals surface area contributed by atoms with Crippen molar-refractivity contribution in [3.05, 3.63) is 123 Å². The Morgan fingerprint density at radius 3 is 1.81 bits per heavy atom. The number of thiophene rings is 3. The zero-order valence-corrected chi connectivity index (χ0v) is 31.9. The lowest BCUT2D eigenvalue weighted by atomic mass is 9.89. The Morgan fingerprint density at radius 1 is 0.574 bits per heavy atom. The minimum absolute atomic E-state index is 0.00248. The smallest absolute Gasteiger partial charge is 0.130 e. The summed E-state index contributed by atoms with van der Waals surface area (Å²) in [6.45, 7) is 6.87. The molecule has 270 valence electrons. The van der Waals surface area contributed by atoms with Crippen LogP contribution in [0.4, 0.5) is 24.5 Å². The molecule has 1 aliphatic carbocycles. The fourth-order valence-electron chi connectivity index (χ4n) is 7.91. The van der Waals surface area contributed by atoms with E-state index in [1.807, 2.05) is 13.0 Å². The summed E-state index contributed by atoms with van der Waals surface area (Å²) < 4.78 is 45.3. The first-order chi connectivity index (χ1) is 26.2. The third-order valence-corrected chi connectivity index (χ3v) is 14.4. The fraction of sp³-hybridized carbons (Fsp3) is 0.190. The molecule has 0 spiro atoms. The van der Waals surface area contributed by atoms with Crippen LogP contribution in [0, 0.1) is 25.5 Å². The molecule has 4 N–H and O–H groups in total. The van der Waals surface area contributed by atoms with Crippen LogP contribution in [-0.4, -0.2) is 32.1 Å². The van der Waals surface area contributed by atoms with Crippen LogP contribution in [0.3, 0.4) is 0 Å². The van der Waals surface area contributed by atoms with Crippen molar-refractivity contribution in [3.63, 3.8) is 0 Å².